The molecular weight excluding hydrogens is 538 g/mol. The molecule has 2 aromatic carbocycles. The molecule has 0 saturated heterocycles. The second-order valence-corrected chi connectivity index (χ2v) is 11.9. The minimum absolute atomic E-state index is 0.0299. The first-order valence-corrected chi connectivity index (χ1v) is 13.8. The van der Waals surface area contributed by atoms with Crippen molar-refractivity contribution < 1.29 is 28.8 Å². The van der Waals surface area contributed by atoms with Crippen molar-refractivity contribution in [1.29, 1.82) is 0 Å². The first kappa shape index (κ1) is 32.0. The first-order valence-electron chi connectivity index (χ1n) is 13.8. The summed E-state index contributed by atoms with van der Waals surface area (Å²) >= 11 is 0. The van der Waals surface area contributed by atoms with Crippen LogP contribution in [0, 0.1) is 11.3 Å². The van der Waals surface area contributed by atoms with E-state index in [2.05, 4.69) is 16.0 Å². The van der Waals surface area contributed by atoms with Gasteiger partial charge in [0.15, 0.2) is 0 Å². The molecule has 3 atom stereocenters. The van der Waals surface area contributed by atoms with Gasteiger partial charge in [0.25, 0.3) is 11.8 Å². The van der Waals surface area contributed by atoms with Crippen LogP contribution in [0.2, 0.25) is 0 Å². The predicted octanol–water partition coefficient (Wildman–Crippen LogP) is 1.69. The van der Waals surface area contributed by atoms with Crippen molar-refractivity contribution in [3.8, 4) is 0 Å². The molecule has 42 heavy (non-hydrogen) atoms. The fourth-order valence-corrected chi connectivity index (χ4v) is 4.86. The summed E-state index contributed by atoms with van der Waals surface area (Å²) < 4.78 is 0. The summed E-state index contributed by atoms with van der Waals surface area (Å²) in [4.78, 5) is 78.1. The van der Waals surface area contributed by atoms with Crippen LogP contribution in [0.25, 0.3) is 0 Å². The minimum Gasteiger partial charge on any atom is -0.366 e. The molecule has 11 heteroatoms. The molecule has 1 aliphatic rings. The number of hydrogen-bond donors (Lipinski definition) is 4. The summed E-state index contributed by atoms with van der Waals surface area (Å²) in [6.45, 7) is 10.7. The van der Waals surface area contributed by atoms with Crippen LogP contribution in [-0.2, 0) is 32.3 Å². The van der Waals surface area contributed by atoms with Gasteiger partial charge in [-0.05, 0) is 47.6 Å². The zero-order chi connectivity index (χ0) is 31.4. The third-order valence-electron chi connectivity index (χ3n) is 7.14. The van der Waals surface area contributed by atoms with Gasteiger partial charge in [0.05, 0.1) is 6.04 Å². The Balaban J connectivity index is 1.63. The normalized spacial score (nSPS) is 14.9. The molecule has 0 fully saturated rings. The second-order valence-electron chi connectivity index (χ2n) is 11.9. The fourth-order valence-electron chi connectivity index (χ4n) is 4.86. The summed E-state index contributed by atoms with van der Waals surface area (Å²) in [5.74, 6) is -4.12. The molecule has 2 aromatic rings. The molecule has 3 rings (SSSR count). The van der Waals surface area contributed by atoms with E-state index in [9.17, 15) is 28.8 Å². The van der Waals surface area contributed by atoms with E-state index in [1.54, 1.807) is 38.1 Å². The standard InChI is InChI=1S/C31H39N5O6/c1-17(2)23(24(37)28(40)33-15-19-11-13-20(14-12-19)26(32)38)35-27(39)18(3)34-29(41)25(31(4,5)6)36-16-21-9-7-8-10-22(21)30(36)42/h7-14,17-18,23,25H,15-16H2,1-6H3,(H2,32,38)(H,33,40)(H,34,41)(H,35,39)/t18-,23-,25+/m0/s1. The maximum atomic E-state index is 13.5. The summed E-state index contributed by atoms with van der Waals surface area (Å²) in [7, 11) is 0. The van der Waals surface area contributed by atoms with E-state index in [0.717, 1.165) is 5.56 Å². The van der Waals surface area contributed by atoms with Crippen molar-refractivity contribution in [3.63, 3.8) is 0 Å². The van der Waals surface area contributed by atoms with Crippen molar-refractivity contribution >= 4 is 35.3 Å². The molecule has 11 nitrogen and oxygen atoms in total. The number of carbonyl (C=O) groups excluding carboxylic acids is 6. The topological polar surface area (TPSA) is 168 Å². The third-order valence-corrected chi connectivity index (χ3v) is 7.14. The molecule has 224 valence electrons. The van der Waals surface area contributed by atoms with Crippen LogP contribution >= 0.6 is 0 Å². The van der Waals surface area contributed by atoms with Gasteiger partial charge in [0, 0.05) is 24.2 Å². The Morgan fingerprint density at radius 1 is 0.905 bits per heavy atom. The highest BCUT2D eigenvalue weighted by Gasteiger charge is 2.43. The van der Waals surface area contributed by atoms with Crippen molar-refractivity contribution in [1.82, 2.24) is 20.9 Å². The van der Waals surface area contributed by atoms with Gasteiger partial charge in [-0.15, -0.1) is 0 Å². The van der Waals surface area contributed by atoms with Crippen molar-refractivity contribution in [2.75, 3.05) is 0 Å². The number of Topliss-reactive ketones (excluding diaryl/α,β-unsaturated/α-hetero) is 1. The van der Waals surface area contributed by atoms with Crippen LogP contribution in [0.4, 0.5) is 0 Å². The number of nitrogens with one attached hydrogen (secondary N) is 3. The van der Waals surface area contributed by atoms with Crippen LogP contribution in [0.5, 0.6) is 0 Å². The molecule has 0 aliphatic carbocycles. The number of fused-ring (bicyclic) bond motifs is 1. The summed E-state index contributed by atoms with van der Waals surface area (Å²) in [6, 6.07) is 10.4. The molecule has 1 heterocycles. The first-order chi connectivity index (χ1) is 19.6. The van der Waals surface area contributed by atoms with Crippen molar-refractivity contribution in [2.45, 2.75) is 72.8 Å². The number of nitrogens with zero attached hydrogens (tertiary/aromatic N) is 1. The quantitative estimate of drug-likeness (QED) is 0.297. The van der Waals surface area contributed by atoms with Crippen LogP contribution in [0.15, 0.2) is 48.5 Å². The van der Waals surface area contributed by atoms with Gasteiger partial charge in [-0.25, -0.2) is 0 Å². The lowest BCUT2D eigenvalue weighted by molar-refractivity contribution is -0.141. The molecule has 1 aliphatic heterocycles. The SMILES string of the molecule is CC(C)[C@H](NC(=O)[C@H](C)NC(=O)[C@@H](N1Cc2ccccc2C1=O)C(C)(C)C)C(=O)C(=O)NCc1ccc(C(N)=O)cc1. The van der Waals surface area contributed by atoms with E-state index >= 15 is 0 Å². The molecule has 5 amide bonds. The highest BCUT2D eigenvalue weighted by Crippen LogP contribution is 2.32. The van der Waals surface area contributed by atoms with Crippen molar-refractivity contribution in [3.05, 3.63) is 70.8 Å². The zero-order valence-corrected chi connectivity index (χ0v) is 24.8. The lowest BCUT2D eigenvalue weighted by atomic mass is 9.84. The molecule has 0 saturated carbocycles. The number of hydrogen-bond acceptors (Lipinski definition) is 6. The monoisotopic (exact) mass is 577 g/mol. The van der Waals surface area contributed by atoms with Gasteiger partial charge >= 0.3 is 0 Å². The van der Waals surface area contributed by atoms with Gasteiger partial charge in [0.2, 0.25) is 23.5 Å². The van der Waals surface area contributed by atoms with Crippen LogP contribution in [0.1, 0.15) is 73.4 Å². The fraction of sp³-hybridized carbons (Fsp3) is 0.419. The molecule has 0 aromatic heterocycles. The molecule has 5 N–H and O–H groups in total. The van der Waals surface area contributed by atoms with Crippen LogP contribution in [0.3, 0.4) is 0 Å². The number of nitrogens with two attached hydrogens (primary N) is 1. The average Bonchev–Trinajstić information content (AvgIpc) is 3.24. The molecule has 0 bridgehead atoms. The number of ketones is 1. The molecule has 0 radical (unpaired) electrons. The van der Waals surface area contributed by atoms with Gasteiger partial charge in [-0.3, -0.25) is 28.8 Å². The van der Waals surface area contributed by atoms with E-state index in [1.807, 2.05) is 32.9 Å². The maximum absolute atomic E-state index is 13.5. The lowest BCUT2D eigenvalue weighted by Crippen LogP contribution is -2.59. The van der Waals surface area contributed by atoms with Gasteiger partial charge in [0.1, 0.15) is 12.1 Å². The average molecular weight is 578 g/mol. The van der Waals surface area contributed by atoms with E-state index in [1.165, 1.54) is 24.0 Å². The Bertz CT molecular complexity index is 1380. The smallest absolute Gasteiger partial charge is 0.289 e. The second kappa shape index (κ2) is 13.0. The molecule has 0 unspecified atom stereocenters. The van der Waals surface area contributed by atoms with E-state index < -0.39 is 58.9 Å². The Morgan fingerprint density at radius 3 is 2.07 bits per heavy atom. The zero-order valence-electron chi connectivity index (χ0n) is 24.8. The third kappa shape index (κ3) is 7.39. The Hall–Kier alpha value is -4.54. The largest absolute Gasteiger partial charge is 0.366 e. The number of primary amides is 1. The number of amides is 5. The number of carbonyl (C=O) groups is 6. The van der Waals surface area contributed by atoms with E-state index in [0.29, 0.717) is 16.7 Å². The molecular formula is C31H39N5O6. The Kier molecular flexibility index (Phi) is 9.87. The van der Waals surface area contributed by atoms with Crippen LogP contribution < -0.4 is 21.7 Å². The number of rotatable bonds is 11. The van der Waals surface area contributed by atoms with Crippen molar-refractivity contribution in [2.24, 2.45) is 17.1 Å². The van der Waals surface area contributed by atoms with Gasteiger partial charge < -0.3 is 26.6 Å². The van der Waals surface area contributed by atoms with Gasteiger partial charge in [-0.1, -0.05) is 65.0 Å². The summed E-state index contributed by atoms with van der Waals surface area (Å²) in [5, 5.41) is 7.82. The maximum Gasteiger partial charge on any atom is 0.289 e. The summed E-state index contributed by atoms with van der Waals surface area (Å²) in [5.41, 5.74) is 6.92. The van der Waals surface area contributed by atoms with Crippen LogP contribution in [-0.4, -0.2) is 58.3 Å². The predicted molar refractivity (Wildman–Crippen MR) is 156 cm³/mol. The number of benzene rings is 2. The summed E-state index contributed by atoms with van der Waals surface area (Å²) in [6.07, 6.45) is 0. The Labute approximate surface area is 245 Å². The van der Waals surface area contributed by atoms with E-state index in [4.69, 9.17) is 5.73 Å². The van der Waals surface area contributed by atoms with E-state index in [-0.39, 0.29) is 19.0 Å². The molecule has 0 spiro atoms. The van der Waals surface area contributed by atoms with Gasteiger partial charge in [-0.2, -0.15) is 0 Å². The Morgan fingerprint density at radius 2 is 1.52 bits per heavy atom. The lowest BCUT2D eigenvalue weighted by Gasteiger charge is -2.37. The highest BCUT2D eigenvalue weighted by molar-refractivity contribution is 6.38. The minimum atomic E-state index is -1.14. The highest BCUT2D eigenvalue weighted by atomic mass is 16.2.